The Labute approximate surface area is 329 Å². The molecule has 6 aromatic rings. The molecule has 0 aliphatic heterocycles. The second-order valence-electron chi connectivity index (χ2n) is 11.8. The van der Waals surface area contributed by atoms with Crippen molar-refractivity contribution >= 4 is 86.9 Å². The average molecular weight is 932 g/mol. The molecule has 10 heteroatoms. The Morgan fingerprint density at radius 1 is 0.510 bits per heavy atom. The molecule has 1 aliphatic carbocycles. The smallest absolute Gasteiger partial charge is 0.262 e. The van der Waals surface area contributed by atoms with Gasteiger partial charge in [0, 0.05) is 20.3 Å². The lowest BCUT2D eigenvalue weighted by molar-refractivity contribution is -0.118. The molecule has 0 bridgehead atoms. The molecule has 0 atom stereocenters. The maximum Gasteiger partial charge on any atom is 0.262 e. The second-order valence-corrected chi connectivity index (χ2v) is 15.4. The molecule has 0 saturated heterocycles. The van der Waals surface area contributed by atoms with Gasteiger partial charge in [-0.3, -0.25) is 9.59 Å². The predicted octanol–water partition coefficient (Wildman–Crippen LogP) is 11.1. The van der Waals surface area contributed by atoms with Gasteiger partial charge in [0.1, 0.15) is 11.5 Å². The number of carbonyl (C=O) groups is 2. The number of carbonyl (C=O) groups excluding carboxylic acids is 2. The van der Waals surface area contributed by atoms with Gasteiger partial charge in [-0.05, 0) is 126 Å². The molecule has 2 N–H and O–H groups in total. The van der Waals surface area contributed by atoms with Crippen molar-refractivity contribution in [3.05, 3.63) is 174 Å². The lowest BCUT2D eigenvalue weighted by atomic mass is 9.67. The van der Waals surface area contributed by atoms with Crippen molar-refractivity contribution in [3.8, 4) is 22.6 Å². The summed E-state index contributed by atoms with van der Waals surface area (Å²) < 4.78 is 14.8. The summed E-state index contributed by atoms with van der Waals surface area (Å²) in [6.07, 6.45) is 0. The molecular formula is C41H28Br4N2O4. The van der Waals surface area contributed by atoms with E-state index in [0.29, 0.717) is 22.9 Å². The van der Waals surface area contributed by atoms with Gasteiger partial charge in [-0.25, -0.2) is 0 Å². The van der Waals surface area contributed by atoms with Crippen LogP contribution in [0.15, 0.2) is 151 Å². The third-order valence-electron chi connectivity index (χ3n) is 8.66. The summed E-state index contributed by atoms with van der Waals surface area (Å²) in [5, 5.41) is 5.92. The first-order valence-corrected chi connectivity index (χ1v) is 19.1. The van der Waals surface area contributed by atoms with E-state index >= 15 is 0 Å². The molecule has 0 heterocycles. The van der Waals surface area contributed by atoms with Crippen LogP contribution in [0.2, 0.25) is 0 Å². The third kappa shape index (κ3) is 7.28. The highest BCUT2D eigenvalue weighted by Gasteiger charge is 2.45. The van der Waals surface area contributed by atoms with Crippen LogP contribution in [0.5, 0.6) is 11.5 Å². The zero-order valence-corrected chi connectivity index (χ0v) is 33.1. The van der Waals surface area contributed by atoms with Crippen LogP contribution in [0.1, 0.15) is 22.3 Å². The summed E-state index contributed by atoms with van der Waals surface area (Å²) in [6.45, 7) is -0.271. The predicted molar refractivity (Wildman–Crippen MR) is 216 cm³/mol. The molecule has 0 radical (unpaired) electrons. The minimum absolute atomic E-state index is 0.135. The van der Waals surface area contributed by atoms with E-state index in [0.717, 1.165) is 51.3 Å². The van der Waals surface area contributed by atoms with E-state index in [2.05, 4.69) is 147 Å². The SMILES string of the molecule is O=C(COc1ccc(Br)cc1Br)Nc1ccc(C2(c3ccc(NC(=O)COc4ccc(Br)cc4Br)cc3)c3ccccc3-c3ccccc32)cc1. The van der Waals surface area contributed by atoms with E-state index in [-0.39, 0.29) is 25.0 Å². The summed E-state index contributed by atoms with van der Waals surface area (Å²) in [4.78, 5) is 25.7. The van der Waals surface area contributed by atoms with E-state index in [4.69, 9.17) is 9.47 Å². The van der Waals surface area contributed by atoms with Gasteiger partial charge in [-0.1, -0.05) is 105 Å². The van der Waals surface area contributed by atoms with Crippen molar-refractivity contribution in [1.82, 2.24) is 0 Å². The lowest BCUT2D eigenvalue weighted by Crippen LogP contribution is -2.28. The quantitative estimate of drug-likeness (QED) is 0.143. The van der Waals surface area contributed by atoms with Gasteiger partial charge >= 0.3 is 0 Å². The van der Waals surface area contributed by atoms with Crippen molar-refractivity contribution in [2.24, 2.45) is 0 Å². The van der Waals surface area contributed by atoms with Gasteiger partial charge in [-0.15, -0.1) is 0 Å². The van der Waals surface area contributed by atoms with Gasteiger partial charge in [0.2, 0.25) is 0 Å². The summed E-state index contributed by atoms with van der Waals surface area (Å²) in [5.41, 5.74) is 7.39. The molecule has 0 unspecified atom stereocenters. The molecule has 2 amide bonds. The summed E-state index contributed by atoms with van der Waals surface area (Å²) >= 11 is 13.8. The fourth-order valence-electron chi connectivity index (χ4n) is 6.50. The molecule has 6 nitrogen and oxygen atoms in total. The Morgan fingerprint density at radius 3 is 1.29 bits per heavy atom. The highest BCUT2D eigenvalue weighted by molar-refractivity contribution is 9.11. The maximum absolute atomic E-state index is 12.9. The number of rotatable bonds is 10. The molecular weight excluding hydrogens is 904 g/mol. The number of amides is 2. The Bertz CT molecular complexity index is 2100. The largest absolute Gasteiger partial charge is 0.483 e. The lowest BCUT2D eigenvalue weighted by Gasteiger charge is -2.34. The monoisotopic (exact) mass is 928 g/mol. The number of nitrogens with one attached hydrogen (secondary N) is 2. The van der Waals surface area contributed by atoms with Crippen molar-refractivity contribution in [2.45, 2.75) is 5.41 Å². The van der Waals surface area contributed by atoms with Gasteiger partial charge in [0.05, 0.1) is 14.4 Å². The number of fused-ring (bicyclic) bond motifs is 3. The molecule has 0 spiro atoms. The Hall–Kier alpha value is -4.22. The topological polar surface area (TPSA) is 76.7 Å². The molecule has 6 aromatic carbocycles. The van der Waals surface area contributed by atoms with Crippen molar-refractivity contribution < 1.29 is 19.1 Å². The Balaban J connectivity index is 1.15. The van der Waals surface area contributed by atoms with Crippen molar-refractivity contribution in [1.29, 1.82) is 0 Å². The number of anilines is 2. The number of benzene rings is 6. The number of halogens is 4. The van der Waals surface area contributed by atoms with E-state index in [1.165, 1.54) is 0 Å². The standard InChI is InChI=1S/C41H28Br4N2O4/c42-27-13-19-37(35(44)21-27)50-23-39(48)46-29-15-9-25(10-16-29)41(33-7-3-1-5-31(33)32-6-2-4-8-34(32)41)26-11-17-30(18-12-26)47-40(49)24-51-38-20-14-28(43)22-36(38)45/h1-22H,23-24H2,(H,46,48)(H,47,49). The highest BCUT2D eigenvalue weighted by Crippen LogP contribution is 2.56. The zero-order valence-electron chi connectivity index (χ0n) is 26.8. The molecule has 51 heavy (non-hydrogen) atoms. The minimum atomic E-state index is -0.647. The molecule has 254 valence electrons. The molecule has 0 saturated carbocycles. The summed E-state index contributed by atoms with van der Waals surface area (Å²) in [5.74, 6) is 0.627. The van der Waals surface area contributed by atoms with Crippen LogP contribution in [-0.2, 0) is 15.0 Å². The van der Waals surface area contributed by atoms with E-state index in [1.54, 1.807) is 12.1 Å². The first kappa shape index (κ1) is 35.2. The number of ether oxygens (including phenoxy) is 2. The Kier molecular flexibility index (Phi) is 10.5. The zero-order chi connectivity index (χ0) is 35.5. The fourth-order valence-corrected chi connectivity index (χ4v) is 8.82. The van der Waals surface area contributed by atoms with Crippen LogP contribution in [-0.4, -0.2) is 25.0 Å². The van der Waals surface area contributed by atoms with Crippen LogP contribution in [0.25, 0.3) is 11.1 Å². The summed E-state index contributed by atoms with van der Waals surface area (Å²) in [7, 11) is 0. The van der Waals surface area contributed by atoms with Gasteiger partial charge in [-0.2, -0.15) is 0 Å². The Morgan fingerprint density at radius 2 is 0.902 bits per heavy atom. The normalized spacial score (nSPS) is 12.4. The van der Waals surface area contributed by atoms with E-state index in [1.807, 2.05) is 48.5 Å². The number of hydrogen-bond donors (Lipinski definition) is 2. The average Bonchev–Trinajstić information content (AvgIpc) is 3.43. The summed E-state index contributed by atoms with van der Waals surface area (Å²) in [6, 6.07) is 43.9. The number of hydrogen-bond acceptors (Lipinski definition) is 4. The third-order valence-corrected chi connectivity index (χ3v) is 10.9. The first-order chi connectivity index (χ1) is 24.7. The van der Waals surface area contributed by atoms with E-state index in [9.17, 15) is 9.59 Å². The van der Waals surface area contributed by atoms with Crippen molar-refractivity contribution in [3.63, 3.8) is 0 Å². The maximum atomic E-state index is 12.9. The van der Waals surface area contributed by atoms with Crippen LogP contribution in [0.4, 0.5) is 11.4 Å². The van der Waals surface area contributed by atoms with Gasteiger partial charge in [0.25, 0.3) is 11.8 Å². The molecule has 0 fully saturated rings. The van der Waals surface area contributed by atoms with Crippen LogP contribution >= 0.6 is 63.7 Å². The first-order valence-electron chi connectivity index (χ1n) is 15.9. The molecule has 1 aliphatic rings. The van der Waals surface area contributed by atoms with E-state index < -0.39 is 5.41 Å². The molecule has 7 rings (SSSR count). The highest BCUT2D eigenvalue weighted by atomic mass is 79.9. The van der Waals surface area contributed by atoms with Gasteiger partial charge in [0.15, 0.2) is 13.2 Å². The van der Waals surface area contributed by atoms with Gasteiger partial charge < -0.3 is 20.1 Å². The van der Waals surface area contributed by atoms with Crippen molar-refractivity contribution in [2.75, 3.05) is 23.8 Å². The molecule has 0 aromatic heterocycles. The van der Waals surface area contributed by atoms with Crippen LogP contribution in [0, 0.1) is 0 Å². The second kappa shape index (κ2) is 15.2. The van der Waals surface area contributed by atoms with Crippen LogP contribution < -0.4 is 20.1 Å². The minimum Gasteiger partial charge on any atom is -0.483 e. The van der Waals surface area contributed by atoms with Crippen LogP contribution in [0.3, 0.4) is 0 Å². The fraction of sp³-hybridized carbons (Fsp3) is 0.0732.